The molecule has 10 nitrogen and oxygen atoms in total. The number of para-hydroxylation sites is 1. The van der Waals surface area contributed by atoms with Crippen LogP contribution in [0.5, 0.6) is 0 Å². The molecule has 1 aliphatic carbocycles. The van der Waals surface area contributed by atoms with E-state index >= 15 is 0 Å². The maximum Gasteiger partial charge on any atom is 0.267 e. The predicted octanol–water partition coefficient (Wildman–Crippen LogP) is 4.30. The zero-order valence-corrected chi connectivity index (χ0v) is 21.7. The Balaban J connectivity index is 1.21. The van der Waals surface area contributed by atoms with Crippen LogP contribution in [0.25, 0.3) is 0 Å². The lowest BCUT2D eigenvalue weighted by molar-refractivity contribution is 0.0378. The molecule has 3 heterocycles. The molecule has 2 aromatic heterocycles. The minimum absolute atomic E-state index is 0.270. The molecule has 1 aromatic carbocycles. The Morgan fingerprint density at radius 3 is 2.78 bits per heavy atom. The fourth-order valence-corrected chi connectivity index (χ4v) is 4.85. The van der Waals surface area contributed by atoms with Crippen molar-refractivity contribution in [2.75, 3.05) is 55.3 Å². The summed E-state index contributed by atoms with van der Waals surface area (Å²) in [6.07, 6.45) is 4.69. The van der Waals surface area contributed by atoms with Gasteiger partial charge in [-0.1, -0.05) is 35.1 Å². The largest absolute Gasteiger partial charge is 0.379 e. The van der Waals surface area contributed by atoms with E-state index in [-0.39, 0.29) is 5.91 Å². The van der Waals surface area contributed by atoms with Crippen LogP contribution in [0.1, 0.15) is 46.2 Å². The fraction of sp³-hybridized carbons (Fsp3) is 0.458. The summed E-state index contributed by atoms with van der Waals surface area (Å²) in [6.45, 7) is 7.26. The first-order valence-corrected chi connectivity index (χ1v) is 13.3. The third kappa shape index (κ3) is 6.47. The number of ether oxygens (including phenoxy) is 1. The first-order chi connectivity index (χ1) is 17.5. The number of nitrogens with one attached hydrogen (secondary N) is 3. The van der Waals surface area contributed by atoms with E-state index in [1.165, 1.54) is 17.5 Å². The number of nitrogens with zero attached hydrogens (tertiary/aromatic N) is 5. The molecular formula is C24H29ClN8O2S. The van der Waals surface area contributed by atoms with Crippen LogP contribution < -0.4 is 16.0 Å². The summed E-state index contributed by atoms with van der Waals surface area (Å²) in [7, 11) is 0. The molecule has 5 rings (SSSR count). The van der Waals surface area contributed by atoms with Gasteiger partial charge >= 0.3 is 0 Å². The van der Waals surface area contributed by atoms with Crippen molar-refractivity contribution < 1.29 is 9.53 Å². The number of thiazole rings is 1. The molecule has 190 valence electrons. The van der Waals surface area contributed by atoms with Gasteiger partial charge in [0, 0.05) is 25.6 Å². The van der Waals surface area contributed by atoms with E-state index < -0.39 is 0 Å². The van der Waals surface area contributed by atoms with Crippen molar-refractivity contribution in [1.29, 1.82) is 0 Å². The van der Waals surface area contributed by atoms with Crippen LogP contribution in [0.15, 0.2) is 24.4 Å². The predicted molar refractivity (Wildman–Crippen MR) is 142 cm³/mol. The monoisotopic (exact) mass is 528 g/mol. The normalized spacial score (nSPS) is 16.1. The number of morpholine rings is 1. The summed E-state index contributed by atoms with van der Waals surface area (Å²) in [5.74, 6) is 1.87. The third-order valence-electron chi connectivity index (χ3n) is 6.04. The Morgan fingerprint density at radius 2 is 2.00 bits per heavy atom. The van der Waals surface area contributed by atoms with Crippen LogP contribution in [-0.4, -0.2) is 70.1 Å². The number of amides is 1. The number of anilines is 4. The van der Waals surface area contributed by atoms with Crippen LogP contribution >= 0.6 is 22.9 Å². The highest BCUT2D eigenvalue weighted by Crippen LogP contribution is 2.38. The summed E-state index contributed by atoms with van der Waals surface area (Å²) in [5.41, 5.74) is 1.49. The molecule has 2 aliphatic rings. The first-order valence-electron chi connectivity index (χ1n) is 12.1. The molecule has 0 bridgehead atoms. The van der Waals surface area contributed by atoms with Gasteiger partial charge < -0.3 is 15.4 Å². The van der Waals surface area contributed by atoms with Gasteiger partial charge in [-0.2, -0.15) is 15.0 Å². The van der Waals surface area contributed by atoms with E-state index in [9.17, 15) is 4.79 Å². The number of aryl methyl sites for hydroxylation is 1. The lowest BCUT2D eigenvalue weighted by atomic mass is 10.2. The van der Waals surface area contributed by atoms with Crippen LogP contribution in [0.4, 0.5) is 22.7 Å². The SMILES string of the molecule is Cc1cccc(Cl)c1NC(=O)c1cnc(Nc2nc(NCCCN3CCOCC3)nc(C3CC3)n2)s1. The van der Waals surface area contributed by atoms with E-state index in [4.69, 9.17) is 16.3 Å². The highest BCUT2D eigenvalue weighted by molar-refractivity contribution is 7.17. The Kier molecular flexibility index (Phi) is 7.90. The van der Waals surface area contributed by atoms with Crippen molar-refractivity contribution >= 4 is 51.6 Å². The van der Waals surface area contributed by atoms with Gasteiger partial charge in [0.1, 0.15) is 10.7 Å². The standard InChI is InChI=1S/C24H29ClN8O2S/c1-15-4-2-5-17(25)19(15)28-21(34)18-14-27-24(36-18)32-23-30-20(16-6-7-16)29-22(31-23)26-8-3-9-33-10-12-35-13-11-33/h2,4-5,14,16H,3,6-13H2,1H3,(H,28,34)(H2,26,27,29,30,31,32). The fourth-order valence-electron chi connectivity index (χ4n) is 3.88. The van der Waals surface area contributed by atoms with Crippen LogP contribution in [0.3, 0.4) is 0 Å². The maximum absolute atomic E-state index is 12.8. The van der Waals surface area contributed by atoms with E-state index in [2.05, 4.69) is 40.8 Å². The number of carbonyl (C=O) groups is 1. The average molecular weight is 529 g/mol. The topological polar surface area (TPSA) is 117 Å². The van der Waals surface area contributed by atoms with Gasteiger partial charge in [0.05, 0.1) is 30.1 Å². The van der Waals surface area contributed by atoms with Crippen molar-refractivity contribution in [2.24, 2.45) is 0 Å². The minimum Gasteiger partial charge on any atom is -0.379 e. The van der Waals surface area contributed by atoms with Crippen molar-refractivity contribution in [3.8, 4) is 0 Å². The zero-order chi connectivity index (χ0) is 24.9. The highest BCUT2D eigenvalue weighted by atomic mass is 35.5. The van der Waals surface area contributed by atoms with E-state index in [0.29, 0.717) is 38.5 Å². The number of halogens is 1. The van der Waals surface area contributed by atoms with Gasteiger partial charge in [-0.3, -0.25) is 15.0 Å². The van der Waals surface area contributed by atoms with Crippen molar-refractivity contribution in [1.82, 2.24) is 24.8 Å². The second-order valence-electron chi connectivity index (χ2n) is 8.89. The second-order valence-corrected chi connectivity index (χ2v) is 10.3. The smallest absolute Gasteiger partial charge is 0.267 e. The Labute approximate surface area is 218 Å². The molecule has 1 amide bonds. The minimum atomic E-state index is -0.270. The van der Waals surface area contributed by atoms with Crippen LogP contribution in [0, 0.1) is 6.92 Å². The summed E-state index contributed by atoms with van der Waals surface area (Å²) in [4.78, 5) is 33.7. The van der Waals surface area contributed by atoms with Gasteiger partial charge in [0.2, 0.25) is 11.9 Å². The lowest BCUT2D eigenvalue weighted by Crippen LogP contribution is -2.37. The average Bonchev–Trinajstić information content (AvgIpc) is 3.63. The summed E-state index contributed by atoms with van der Waals surface area (Å²) < 4.78 is 5.41. The Morgan fingerprint density at radius 1 is 1.19 bits per heavy atom. The maximum atomic E-state index is 12.8. The molecule has 3 aromatic rings. The van der Waals surface area contributed by atoms with E-state index in [0.717, 1.165) is 70.0 Å². The summed E-state index contributed by atoms with van der Waals surface area (Å²) >= 11 is 7.47. The number of aromatic nitrogens is 4. The zero-order valence-electron chi connectivity index (χ0n) is 20.1. The van der Waals surface area contributed by atoms with Crippen LogP contribution in [-0.2, 0) is 4.74 Å². The third-order valence-corrected chi connectivity index (χ3v) is 7.27. The van der Waals surface area contributed by atoms with Gasteiger partial charge in [-0.15, -0.1) is 0 Å². The van der Waals surface area contributed by atoms with Crippen molar-refractivity contribution in [3.05, 3.63) is 45.7 Å². The summed E-state index contributed by atoms with van der Waals surface area (Å²) in [5, 5.41) is 10.4. The number of hydrogen-bond acceptors (Lipinski definition) is 10. The molecule has 3 N–H and O–H groups in total. The van der Waals surface area contributed by atoms with Crippen molar-refractivity contribution in [2.45, 2.75) is 32.1 Å². The molecule has 36 heavy (non-hydrogen) atoms. The number of carbonyl (C=O) groups excluding carboxylic acids is 1. The molecule has 1 saturated heterocycles. The number of benzene rings is 1. The highest BCUT2D eigenvalue weighted by Gasteiger charge is 2.28. The quantitative estimate of drug-likeness (QED) is 0.331. The Hall–Kier alpha value is -2.86. The molecule has 2 fully saturated rings. The molecule has 0 unspecified atom stereocenters. The second kappa shape index (κ2) is 11.5. The van der Waals surface area contributed by atoms with Crippen molar-refractivity contribution in [3.63, 3.8) is 0 Å². The molecule has 12 heteroatoms. The van der Waals surface area contributed by atoms with E-state index in [1.54, 1.807) is 6.07 Å². The first kappa shape index (κ1) is 24.8. The lowest BCUT2D eigenvalue weighted by Gasteiger charge is -2.26. The Bertz CT molecular complexity index is 1190. The molecular weight excluding hydrogens is 500 g/mol. The van der Waals surface area contributed by atoms with Gasteiger partial charge in [-0.25, -0.2) is 4.98 Å². The summed E-state index contributed by atoms with van der Waals surface area (Å²) in [6, 6.07) is 5.49. The molecule has 0 radical (unpaired) electrons. The number of hydrogen-bond donors (Lipinski definition) is 3. The van der Waals surface area contributed by atoms with Gasteiger partial charge in [0.25, 0.3) is 5.91 Å². The molecule has 1 aliphatic heterocycles. The number of rotatable bonds is 10. The van der Waals surface area contributed by atoms with Crippen LogP contribution in [0.2, 0.25) is 5.02 Å². The molecule has 0 atom stereocenters. The van der Waals surface area contributed by atoms with Gasteiger partial charge in [0.15, 0.2) is 5.13 Å². The molecule has 0 spiro atoms. The van der Waals surface area contributed by atoms with Gasteiger partial charge in [-0.05, 0) is 44.4 Å². The van der Waals surface area contributed by atoms with E-state index in [1.807, 2.05) is 19.1 Å². The molecule has 1 saturated carbocycles.